The van der Waals surface area contributed by atoms with Gasteiger partial charge in [0, 0.05) is 45.3 Å². The molecular formula is C20H27N3O3. The van der Waals surface area contributed by atoms with Gasteiger partial charge in [0.05, 0.1) is 19.8 Å². The molecule has 2 amide bonds. The van der Waals surface area contributed by atoms with Gasteiger partial charge in [-0.25, -0.2) is 0 Å². The van der Waals surface area contributed by atoms with Crippen LogP contribution in [0, 0.1) is 6.92 Å². The molecule has 2 aliphatic rings. The molecule has 1 aromatic rings. The lowest BCUT2D eigenvalue weighted by Gasteiger charge is -2.35. The van der Waals surface area contributed by atoms with Crippen LogP contribution in [0.15, 0.2) is 30.3 Å². The molecule has 140 valence electrons. The summed E-state index contributed by atoms with van der Waals surface area (Å²) in [5, 5.41) is 0. The Bertz CT molecular complexity index is 643. The van der Waals surface area contributed by atoms with Crippen LogP contribution in [0.3, 0.4) is 0 Å². The summed E-state index contributed by atoms with van der Waals surface area (Å²) in [4.78, 5) is 30.5. The molecule has 26 heavy (non-hydrogen) atoms. The molecule has 0 atom stereocenters. The third-order valence-corrected chi connectivity index (χ3v) is 4.90. The summed E-state index contributed by atoms with van der Waals surface area (Å²) in [6.45, 7) is 7.88. The second kappa shape index (κ2) is 8.96. The molecular weight excluding hydrogens is 330 g/mol. The van der Waals surface area contributed by atoms with E-state index in [2.05, 4.69) is 4.90 Å². The SMILES string of the molecule is Cc1ccc(/C=C/C(=O)N2CCN(CC(=O)N3CCOCC3)CC2)cc1. The second-order valence-electron chi connectivity index (χ2n) is 6.84. The molecule has 0 unspecified atom stereocenters. The molecule has 6 nitrogen and oxygen atoms in total. The maximum absolute atomic E-state index is 12.3. The number of carbonyl (C=O) groups is 2. The Morgan fingerprint density at radius 3 is 2.27 bits per heavy atom. The fourth-order valence-electron chi connectivity index (χ4n) is 3.18. The summed E-state index contributed by atoms with van der Waals surface area (Å²) in [6.07, 6.45) is 3.50. The van der Waals surface area contributed by atoms with Crippen LogP contribution in [-0.2, 0) is 14.3 Å². The van der Waals surface area contributed by atoms with Gasteiger partial charge in [-0.05, 0) is 18.6 Å². The van der Waals surface area contributed by atoms with Crippen molar-refractivity contribution >= 4 is 17.9 Å². The van der Waals surface area contributed by atoms with Gasteiger partial charge in [0.15, 0.2) is 0 Å². The highest BCUT2D eigenvalue weighted by molar-refractivity contribution is 5.91. The van der Waals surface area contributed by atoms with E-state index in [4.69, 9.17) is 4.74 Å². The number of hydrogen-bond acceptors (Lipinski definition) is 4. The zero-order valence-corrected chi connectivity index (χ0v) is 15.4. The molecule has 2 saturated heterocycles. The van der Waals surface area contributed by atoms with E-state index in [1.165, 1.54) is 5.56 Å². The Morgan fingerprint density at radius 2 is 1.62 bits per heavy atom. The third-order valence-electron chi connectivity index (χ3n) is 4.90. The Balaban J connectivity index is 1.43. The van der Waals surface area contributed by atoms with Crippen LogP contribution in [0.5, 0.6) is 0 Å². The van der Waals surface area contributed by atoms with Crippen LogP contribution in [0.2, 0.25) is 0 Å². The quantitative estimate of drug-likeness (QED) is 0.755. The highest BCUT2D eigenvalue weighted by Crippen LogP contribution is 2.08. The Labute approximate surface area is 155 Å². The summed E-state index contributed by atoms with van der Waals surface area (Å²) in [5.74, 6) is 0.192. The highest BCUT2D eigenvalue weighted by Gasteiger charge is 2.24. The normalized spacial score (nSPS) is 19.1. The summed E-state index contributed by atoms with van der Waals surface area (Å²) in [5.41, 5.74) is 2.23. The van der Waals surface area contributed by atoms with Crippen LogP contribution in [0.1, 0.15) is 11.1 Å². The van der Waals surface area contributed by atoms with Crippen molar-refractivity contribution in [2.75, 3.05) is 59.0 Å². The van der Waals surface area contributed by atoms with E-state index in [9.17, 15) is 9.59 Å². The number of aryl methyl sites for hydroxylation is 1. The Kier molecular flexibility index (Phi) is 6.41. The van der Waals surface area contributed by atoms with Crippen LogP contribution in [0.4, 0.5) is 0 Å². The van der Waals surface area contributed by atoms with Crippen molar-refractivity contribution in [3.63, 3.8) is 0 Å². The molecule has 0 radical (unpaired) electrons. The number of ether oxygens (including phenoxy) is 1. The van der Waals surface area contributed by atoms with Gasteiger partial charge in [-0.15, -0.1) is 0 Å². The first kappa shape index (κ1) is 18.6. The molecule has 2 fully saturated rings. The molecule has 6 heteroatoms. The second-order valence-corrected chi connectivity index (χ2v) is 6.84. The van der Waals surface area contributed by atoms with Crippen molar-refractivity contribution in [1.29, 1.82) is 0 Å². The fourth-order valence-corrected chi connectivity index (χ4v) is 3.18. The number of rotatable bonds is 4. The summed E-state index contributed by atoms with van der Waals surface area (Å²) in [6, 6.07) is 8.09. The molecule has 2 heterocycles. The van der Waals surface area contributed by atoms with Gasteiger partial charge in [-0.1, -0.05) is 29.8 Å². The molecule has 0 saturated carbocycles. The van der Waals surface area contributed by atoms with E-state index < -0.39 is 0 Å². The van der Waals surface area contributed by atoms with Gasteiger partial charge in [0.2, 0.25) is 11.8 Å². The number of hydrogen-bond donors (Lipinski definition) is 0. The van der Waals surface area contributed by atoms with E-state index in [-0.39, 0.29) is 11.8 Å². The molecule has 0 aromatic heterocycles. The molecule has 0 spiro atoms. The average molecular weight is 357 g/mol. The van der Waals surface area contributed by atoms with E-state index in [0.29, 0.717) is 45.9 Å². The maximum atomic E-state index is 12.3. The number of amides is 2. The maximum Gasteiger partial charge on any atom is 0.246 e. The smallest absolute Gasteiger partial charge is 0.246 e. The molecule has 3 rings (SSSR count). The predicted octanol–water partition coefficient (Wildman–Crippen LogP) is 1.01. The van der Waals surface area contributed by atoms with Crippen LogP contribution in [0.25, 0.3) is 6.08 Å². The van der Waals surface area contributed by atoms with Gasteiger partial charge in [-0.3, -0.25) is 14.5 Å². The van der Waals surface area contributed by atoms with Crippen LogP contribution in [-0.4, -0.2) is 85.5 Å². The van der Waals surface area contributed by atoms with Crippen LogP contribution >= 0.6 is 0 Å². The molecule has 0 aliphatic carbocycles. The number of carbonyl (C=O) groups excluding carboxylic acids is 2. The topological polar surface area (TPSA) is 53.1 Å². The highest BCUT2D eigenvalue weighted by atomic mass is 16.5. The lowest BCUT2D eigenvalue weighted by Crippen LogP contribution is -2.52. The zero-order valence-electron chi connectivity index (χ0n) is 15.4. The van der Waals surface area contributed by atoms with E-state index >= 15 is 0 Å². The first-order valence-electron chi connectivity index (χ1n) is 9.23. The predicted molar refractivity (Wildman–Crippen MR) is 101 cm³/mol. The standard InChI is InChI=1S/C20H27N3O3/c1-17-2-4-18(5-3-17)6-7-19(24)22-10-8-21(9-11-22)16-20(25)23-12-14-26-15-13-23/h2-7H,8-16H2,1H3/b7-6+. The first-order chi connectivity index (χ1) is 12.6. The van der Waals surface area contributed by atoms with Gasteiger partial charge >= 0.3 is 0 Å². The molecule has 1 aromatic carbocycles. The van der Waals surface area contributed by atoms with E-state index in [0.717, 1.165) is 18.7 Å². The van der Waals surface area contributed by atoms with Crippen molar-refractivity contribution in [2.45, 2.75) is 6.92 Å². The van der Waals surface area contributed by atoms with Gasteiger partial charge in [-0.2, -0.15) is 0 Å². The van der Waals surface area contributed by atoms with Crippen molar-refractivity contribution < 1.29 is 14.3 Å². The Morgan fingerprint density at radius 1 is 0.962 bits per heavy atom. The minimum atomic E-state index is 0.0322. The number of morpholine rings is 1. The van der Waals surface area contributed by atoms with Crippen molar-refractivity contribution in [1.82, 2.24) is 14.7 Å². The Hall–Kier alpha value is -2.18. The third kappa shape index (κ3) is 5.16. The van der Waals surface area contributed by atoms with Gasteiger partial charge in [0.1, 0.15) is 0 Å². The van der Waals surface area contributed by atoms with Crippen molar-refractivity contribution in [2.24, 2.45) is 0 Å². The molecule has 2 aliphatic heterocycles. The summed E-state index contributed by atoms with van der Waals surface area (Å²) < 4.78 is 5.28. The lowest BCUT2D eigenvalue weighted by molar-refractivity contribution is -0.137. The zero-order chi connectivity index (χ0) is 18.4. The van der Waals surface area contributed by atoms with Gasteiger partial charge < -0.3 is 14.5 Å². The van der Waals surface area contributed by atoms with E-state index in [1.54, 1.807) is 6.08 Å². The minimum absolute atomic E-state index is 0.0322. The molecule has 0 bridgehead atoms. The summed E-state index contributed by atoms with van der Waals surface area (Å²) in [7, 11) is 0. The molecule has 0 N–H and O–H groups in total. The van der Waals surface area contributed by atoms with Crippen LogP contribution < -0.4 is 0 Å². The largest absolute Gasteiger partial charge is 0.378 e. The summed E-state index contributed by atoms with van der Waals surface area (Å²) >= 11 is 0. The number of benzene rings is 1. The van der Waals surface area contributed by atoms with E-state index in [1.807, 2.05) is 47.1 Å². The number of nitrogens with zero attached hydrogens (tertiary/aromatic N) is 3. The monoisotopic (exact) mass is 357 g/mol. The number of piperazine rings is 1. The fraction of sp³-hybridized carbons (Fsp3) is 0.500. The van der Waals surface area contributed by atoms with Crippen molar-refractivity contribution in [3.8, 4) is 0 Å². The van der Waals surface area contributed by atoms with Crippen molar-refractivity contribution in [3.05, 3.63) is 41.5 Å². The minimum Gasteiger partial charge on any atom is -0.378 e. The van der Waals surface area contributed by atoms with Gasteiger partial charge in [0.25, 0.3) is 0 Å². The first-order valence-corrected chi connectivity index (χ1v) is 9.23. The average Bonchev–Trinajstić information content (AvgIpc) is 2.68. The lowest BCUT2D eigenvalue weighted by atomic mass is 10.1.